The van der Waals surface area contributed by atoms with E-state index in [1.807, 2.05) is 0 Å². The molecule has 3 N–H and O–H groups in total. The predicted octanol–water partition coefficient (Wildman–Crippen LogP) is 3.24. The van der Waals surface area contributed by atoms with Crippen LogP contribution in [0.3, 0.4) is 0 Å². The summed E-state index contributed by atoms with van der Waals surface area (Å²) in [7, 11) is 1.51. The maximum atomic E-state index is 14.0. The number of para-hydroxylation sites is 2. The lowest BCUT2D eigenvalue weighted by Gasteiger charge is -2.19. The number of hydrogen-bond acceptors (Lipinski definition) is 3. The van der Waals surface area contributed by atoms with Crippen molar-refractivity contribution in [3.8, 4) is 5.75 Å². The molecular formula is C15H14BrFN2O2. The molecule has 0 spiro atoms. The Morgan fingerprint density at radius 2 is 2.05 bits per heavy atom. The highest BCUT2D eigenvalue weighted by atomic mass is 79.9. The third kappa shape index (κ3) is 3.52. The van der Waals surface area contributed by atoms with Gasteiger partial charge in [0.1, 0.15) is 17.6 Å². The van der Waals surface area contributed by atoms with Gasteiger partial charge in [-0.15, -0.1) is 0 Å². The van der Waals surface area contributed by atoms with Gasteiger partial charge < -0.3 is 15.8 Å². The second-order valence-electron chi connectivity index (χ2n) is 4.35. The first kappa shape index (κ1) is 15.3. The zero-order chi connectivity index (χ0) is 15.4. The third-order valence-electron chi connectivity index (χ3n) is 2.96. The van der Waals surface area contributed by atoms with Gasteiger partial charge in [0.2, 0.25) is 5.91 Å². The molecule has 2 rings (SSSR count). The van der Waals surface area contributed by atoms with Gasteiger partial charge in [0, 0.05) is 10.0 Å². The largest absolute Gasteiger partial charge is 0.495 e. The molecule has 1 unspecified atom stereocenters. The minimum absolute atomic E-state index is 0.169. The summed E-state index contributed by atoms with van der Waals surface area (Å²) in [4.78, 5) is 11.7. The number of nitrogens with one attached hydrogen (secondary N) is 1. The molecule has 0 saturated heterocycles. The van der Waals surface area contributed by atoms with Gasteiger partial charge in [0.05, 0.1) is 12.8 Å². The zero-order valence-corrected chi connectivity index (χ0v) is 12.9. The summed E-state index contributed by atoms with van der Waals surface area (Å²) in [6, 6.07) is 10.4. The molecule has 0 aliphatic carbocycles. The van der Waals surface area contributed by atoms with Crippen LogP contribution in [-0.4, -0.2) is 13.0 Å². The van der Waals surface area contributed by atoms with Crippen LogP contribution in [-0.2, 0) is 4.79 Å². The smallest absolute Gasteiger partial charge is 0.244 e. The Morgan fingerprint density at radius 1 is 1.33 bits per heavy atom. The van der Waals surface area contributed by atoms with Crippen molar-refractivity contribution in [2.75, 3.05) is 12.4 Å². The number of carbonyl (C=O) groups excluding carboxylic acids is 1. The van der Waals surface area contributed by atoms with Crippen LogP contribution in [0.4, 0.5) is 10.1 Å². The van der Waals surface area contributed by atoms with Crippen LogP contribution in [0.5, 0.6) is 5.75 Å². The number of rotatable bonds is 5. The molecule has 1 amide bonds. The van der Waals surface area contributed by atoms with Crippen LogP contribution in [0.2, 0.25) is 0 Å². The molecule has 2 aromatic carbocycles. The molecule has 4 nitrogen and oxygen atoms in total. The van der Waals surface area contributed by atoms with E-state index >= 15 is 0 Å². The lowest BCUT2D eigenvalue weighted by atomic mass is 10.1. The second-order valence-corrected chi connectivity index (χ2v) is 5.26. The highest BCUT2D eigenvalue weighted by Gasteiger charge is 2.22. The minimum atomic E-state index is -1.00. The van der Waals surface area contributed by atoms with E-state index in [9.17, 15) is 9.18 Å². The summed E-state index contributed by atoms with van der Waals surface area (Å²) < 4.78 is 19.8. The van der Waals surface area contributed by atoms with Crippen LogP contribution < -0.4 is 15.8 Å². The van der Waals surface area contributed by atoms with Gasteiger partial charge in [0.15, 0.2) is 0 Å². The summed E-state index contributed by atoms with van der Waals surface area (Å²) in [6.07, 6.45) is 0. The number of carbonyl (C=O) groups is 1. The van der Waals surface area contributed by atoms with Crippen LogP contribution >= 0.6 is 15.9 Å². The van der Waals surface area contributed by atoms with E-state index in [1.54, 1.807) is 30.3 Å². The van der Waals surface area contributed by atoms with E-state index in [4.69, 9.17) is 10.5 Å². The van der Waals surface area contributed by atoms with Crippen molar-refractivity contribution < 1.29 is 13.9 Å². The van der Waals surface area contributed by atoms with Gasteiger partial charge in [-0.2, -0.15) is 0 Å². The van der Waals surface area contributed by atoms with Gasteiger partial charge >= 0.3 is 0 Å². The van der Waals surface area contributed by atoms with Gasteiger partial charge in [0.25, 0.3) is 0 Å². The number of anilines is 1. The van der Waals surface area contributed by atoms with Crippen molar-refractivity contribution in [1.82, 2.24) is 0 Å². The Morgan fingerprint density at radius 3 is 2.71 bits per heavy atom. The Bertz CT molecular complexity index is 664. The molecule has 110 valence electrons. The standard InChI is InChI=1S/C15H14BrFN2O2/c1-21-13-5-3-2-4-12(13)19-14(15(18)20)10-8-9(16)6-7-11(10)17/h2-8,14,19H,1H3,(H2,18,20). The predicted molar refractivity (Wildman–Crippen MR) is 82.7 cm³/mol. The van der Waals surface area contributed by atoms with Crippen molar-refractivity contribution in [3.05, 3.63) is 58.3 Å². The fraction of sp³-hybridized carbons (Fsp3) is 0.133. The van der Waals surface area contributed by atoms with Crippen molar-refractivity contribution >= 4 is 27.5 Å². The topological polar surface area (TPSA) is 64.3 Å². The number of halogens is 2. The molecular weight excluding hydrogens is 339 g/mol. The maximum absolute atomic E-state index is 14.0. The highest BCUT2D eigenvalue weighted by Crippen LogP contribution is 2.29. The first-order chi connectivity index (χ1) is 10.0. The first-order valence-electron chi connectivity index (χ1n) is 6.16. The summed E-state index contributed by atoms with van der Waals surface area (Å²) in [6.45, 7) is 0. The Hall–Kier alpha value is -2.08. The molecule has 21 heavy (non-hydrogen) atoms. The molecule has 1 atom stereocenters. The van der Waals surface area contributed by atoms with E-state index in [0.717, 1.165) is 0 Å². The summed E-state index contributed by atoms with van der Waals surface area (Å²) in [5.41, 5.74) is 6.13. The minimum Gasteiger partial charge on any atom is -0.495 e. The molecule has 0 fully saturated rings. The number of primary amides is 1. The number of benzene rings is 2. The maximum Gasteiger partial charge on any atom is 0.244 e. The van der Waals surface area contributed by atoms with Gasteiger partial charge in [-0.25, -0.2) is 4.39 Å². The lowest BCUT2D eigenvalue weighted by Crippen LogP contribution is -2.28. The van der Waals surface area contributed by atoms with E-state index in [-0.39, 0.29) is 5.56 Å². The Labute approximate surface area is 130 Å². The lowest BCUT2D eigenvalue weighted by molar-refractivity contribution is -0.118. The first-order valence-corrected chi connectivity index (χ1v) is 6.96. The molecule has 6 heteroatoms. The second kappa shape index (κ2) is 6.58. The van der Waals surface area contributed by atoms with Gasteiger partial charge in [-0.05, 0) is 30.3 Å². The van der Waals surface area contributed by atoms with E-state index in [1.165, 1.54) is 19.2 Å². The average molecular weight is 353 g/mol. The van der Waals surface area contributed by atoms with Crippen LogP contribution in [0.15, 0.2) is 46.9 Å². The number of ether oxygens (including phenoxy) is 1. The Balaban J connectivity index is 2.40. The monoisotopic (exact) mass is 352 g/mol. The van der Waals surface area contributed by atoms with Crippen LogP contribution in [0.1, 0.15) is 11.6 Å². The normalized spacial score (nSPS) is 11.8. The number of hydrogen-bond donors (Lipinski definition) is 2. The van der Waals surface area contributed by atoms with Crippen LogP contribution in [0.25, 0.3) is 0 Å². The third-order valence-corrected chi connectivity index (χ3v) is 3.45. The van der Waals surface area contributed by atoms with Gasteiger partial charge in [-0.3, -0.25) is 4.79 Å². The molecule has 0 bridgehead atoms. The van der Waals surface area contributed by atoms with Crippen molar-refractivity contribution in [3.63, 3.8) is 0 Å². The number of methoxy groups -OCH3 is 1. The van der Waals surface area contributed by atoms with Crippen molar-refractivity contribution in [2.45, 2.75) is 6.04 Å². The van der Waals surface area contributed by atoms with Gasteiger partial charge in [-0.1, -0.05) is 28.1 Å². The van der Waals surface area contributed by atoms with Crippen molar-refractivity contribution in [1.29, 1.82) is 0 Å². The molecule has 0 aromatic heterocycles. The molecule has 0 saturated carbocycles. The van der Waals surface area contributed by atoms with E-state index in [0.29, 0.717) is 15.9 Å². The Kier molecular flexibility index (Phi) is 4.80. The number of nitrogens with two attached hydrogens (primary N) is 1. The average Bonchev–Trinajstić information content (AvgIpc) is 2.47. The molecule has 0 aliphatic heterocycles. The summed E-state index contributed by atoms with van der Waals surface area (Å²) >= 11 is 3.26. The van der Waals surface area contributed by atoms with E-state index < -0.39 is 17.8 Å². The quantitative estimate of drug-likeness (QED) is 0.868. The SMILES string of the molecule is COc1ccccc1NC(C(N)=O)c1cc(Br)ccc1F. The fourth-order valence-corrected chi connectivity index (χ4v) is 2.34. The summed E-state index contributed by atoms with van der Waals surface area (Å²) in [5.74, 6) is -0.651. The number of amides is 1. The molecule has 2 aromatic rings. The van der Waals surface area contributed by atoms with Crippen LogP contribution in [0, 0.1) is 5.82 Å². The molecule has 0 heterocycles. The summed E-state index contributed by atoms with van der Waals surface area (Å²) in [5, 5.41) is 2.92. The fourth-order valence-electron chi connectivity index (χ4n) is 1.96. The molecule has 0 aliphatic rings. The van der Waals surface area contributed by atoms with Crippen molar-refractivity contribution in [2.24, 2.45) is 5.73 Å². The van der Waals surface area contributed by atoms with E-state index in [2.05, 4.69) is 21.2 Å². The molecule has 0 radical (unpaired) electrons. The zero-order valence-electron chi connectivity index (χ0n) is 11.3. The highest BCUT2D eigenvalue weighted by molar-refractivity contribution is 9.10.